The molecule has 1 saturated carbocycles. The maximum Gasteiger partial charge on any atom is 0.0139 e. The van der Waals surface area contributed by atoms with Gasteiger partial charge in [0.1, 0.15) is 0 Å². The summed E-state index contributed by atoms with van der Waals surface area (Å²) in [5.74, 6) is 3.00. The van der Waals surface area contributed by atoms with E-state index in [2.05, 4.69) is 41.4 Å². The van der Waals surface area contributed by atoms with Crippen molar-refractivity contribution in [1.82, 2.24) is 10.2 Å². The van der Waals surface area contributed by atoms with Crippen LogP contribution < -0.4 is 5.32 Å². The molecule has 0 radical (unpaired) electrons. The molecule has 1 N–H and O–H groups in total. The van der Waals surface area contributed by atoms with Gasteiger partial charge in [-0.25, -0.2) is 0 Å². The quantitative estimate of drug-likeness (QED) is 0.894. The van der Waals surface area contributed by atoms with E-state index in [-0.39, 0.29) is 0 Å². The Bertz CT molecular complexity index is 488. The molecular formula is C19H28N2. The highest BCUT2D eigenvalue weighted by atomic mass is 15.2. The highest BCUT2D eigenvalue weighted by molar-refractivity contribution is 5.30. The molecule has 1 heterocycles. The molecule has 2 heteroatoms. The number of hydrogen-bond donors (Lipinski definition) is 1. The van der Waals surface area contributed by atoms with Crippen LogP contribution in [0.15, 0.2) is 24.3 Å². The van der Waals surface area contributed by atoms with Crippen LogP contribution in [-0.2, 0) is 12.8 Å². The summed E-state index contributed by atoms with van der Waals surface area (Å²) in [7, 11) is 0. The standard InChI is InChI=1S/C19H28N2/c1-2-9-21(13-19-17-11-20-12-18(17)19)16-8-7-14-5-3-4-6-15(14)10-16/h3-6,16-20H,2,7-13H2,1H3. The number of aryl methyl sites for hydroxylation is 1. The molecule has 0 bridgehead atoms. The van der Waals surface area contributed by atoms with Crippen LogP contribution in [0.25, 0.3) is 0 Å². The number of hydrogen-bond acceptors (Lipinski definition) is 2. The van der Waals surface area contributed by atoms with E-state index in [1.807, 2.05) is 0 Å². The maximum atomic E-state index is 3.53. The van der Waals surface area contributed by atoms with Gasteiger partial charge in [0, 0.05) is 12.6 Å². The van der Waals surface area contributed by atoms with Gasteiger partial charge >= 0.3 is 0 Å². The minimum atomic E-state index is 0.786. The lowest BCUT2D eigenvalue weighted by atomic mass is 9.87. The molecule has 1 aromatic rings. The predicted octanol–water partition coefficient (Wildman–Crippen LogP) is 2.72. The molecule has 3 unspecified atom stereocenters. The number of fused-ring (bicyclic) bond motifs is 2. The zero-order chi connectivity index (χ0) is 14.2. The van der Waals surface area contributed by atoms with Crippen molar-refractivity contribution in [3.63, 3.8) is 0 Å². The van der Waals surface area contributed by atoms with Crippen LogP contribution in [0.4, 0.5) is 0 Å². The summed E-state index contributed by atoms with van der Waals surface area (Å²) in [4.78, 5) is 2.83. The van der Waals surface area contributed by atoms with Gasteiger partial charge in [-0.05, 0) is 74.2 Å². The molecule has 2 nitrogen and oxygen atoms in total. The predicted molar refractivity (Wildman–Crippen MR) is 87.5 cm³/mol. The second-order valence-corrected chi connectivity index (χ2v) is 7.31. The first-order valence-electron chi connectivity index (χ1n) is 8.88. The second-order valence-electron chi connectivity index (χ2n) is 7.31. The third-order valence-corrected chi connectivity index (χ3v) is 6.06. The fraction of sp³-hybridized carbons (Fsp3) is 0.684. The van der Waals surface area contributed by atoms with Crippen LogP contribution in [0.3, 0.4) is 0 Å². The number of nitrogens with one attached hydrogen (secondary N) is 1. The number of piperidine rings is 1. The molecule has 1 saturated heterocycles. The molecular weight excluding hydrogens is 256 g/mol. The SMILES string of the molecule is CCCN(CC1C2CNCC21)C1CCc2ccccc2C1. The van der Waals surface area contributed by atoms with E-state index in [4.69, 9.17) is 0 Å². The van der Waals surface area contributed by atoms with Crippen LogP contribution in [0.5, 0.6) is 0 Å². The van der Waals surface area contributed by atoms with Crippen molar-refractivity contribution >= 4 is 0 Å². The molecule has 0 spiro atoms. The summed E-state index contributed by atoms with van der Waals surface area (Å²) in [6.45, 7) is 7.54. The Morgan fingerprint density at radius 2 is 1.90 bits per heavy atom. The second kappa shape index (κ2) is 5.73. The van der Waals surface area contributed by atoms with Gasteiger partial charge in [-0.1, -0.05) is 31.2 Å². The summed E-state index contributed by atoms with van der Waals surface area (Å²) >= 11 is 0. The minimum Gasteiger partial charge on any atom is -0.316 e. The van der Waals surface area contributed by atoms with Gasteiger partial charge in [0.15, 0.2) is 0 Å². The van der Waals surface area contributed by atoms with Crippen LogP contribution in [0.2, 0.25) is 0 Å². The topological polar surface area (TPSA) is 15.3 Å². The van der Waals surface area contributed by atoms with Crippen molar-refractivity contribution in [2.24, 2.45) is 17.8 Å². The summed E-state index contributed by atoms with van der Waals surface area (Å²) in [5.41, 5.74) is 3.20. The van der Waals surface area contributed by atoms with Gasteiger partial charge in [-0.15, -0.1) is 0 Å². The summed E-state index contributed by atoms with van der Waals surface area (Å²) in [6, 6.07) is 9.87. The van der Waals surface area contributed by atoms with E-state index >= 15 is 0 Å². The van der Waals surface area contributed by atoms with Gasteiger partial charge in [-0.2, -0.15) is 0 Å². The largest absolute Gasteiger partial charge is 0.316 e. The van der Waals surface area contributed by atoms with E-state index in [9.17, 15) is 0 Å². The Labute approximate surface area is 128 Å². The molecule has 1 aliphatic heterocycles. The van der Waals surface area contributed by atoms with E-state index in [1.165, 1.54) is 51.9 Å². The third-order valence-electron chi connectivity index (χ3n) is 6.06. The lowest BCUT2D eigenvalue weighted by molar-refractivity contribution is 0.166. The Hall–Kier alpha value is -0.860. The normalized spacial score (nSPS) is 33.8. The fourth-order valence-electron chi connectivity index (χ4n) is 4.79. The Kier molecular flexibility index (Phi) is 3.76. The number of nitrogens with zero attached hydrogens (tertiary/aromatic N) is 1. The highest BCUT2D eigenvalue weighted by Crippen LogP contribution is 2.49. The average Bonchev–Trinajstić information content (AvgIpc) is 2.95. The zero-order valence-electron chi connectivity index (χ0n) is 13.2. The van der Waals surface area contributed by atoms with E-state index in [0.717, 1.165) is 23.8 Å². The van der Waals surface area contributed by atoms with Gasteiger partial charge in [0.05, 0.1) is 0 Å². The molecule has 1 aromatic carbocycles. The molecule has 0 amide bonds. The Morgan fingerprint density at radius 3 is 2.67 bits per heavy atom. The van der Waals surface area contributed by atoms with Crippen LogP contribution in [-0.4, -0.2) is 37.1 Å². The Balaban J connectivity index is 1.42. The molecule has 2 fully saturated rings. The van der Waals surface area contributed by atoms with Crippen LogP contribution >= 0.6 is 0 Å². The van der Waals surface area contributed by atoms with Gasteiger partial charge in [-0.3, -0.25) is 4.90 Å². The minimum absolute atomic E-state index is 0.786. The molecule has 4 rings (SSSR count). The lowest BCUT2D eigenvalue weighted by Crippen LogP contribution is -2.42. The van der Waals surface area contributed by atoms with E-state index in [0.29, 0.717) is 0 Å². The average molecular weight is 284 g/mol. The lowest BCUT2D eigenvalue weighted by Gasteiger charge is -2.35. The first-order chi connectivity index (χ1) is 10.4. The molecule has 114 valence electrons. The molecule has 21 heavy (non-hydrogen) atoms. The van der Waals surface area contributed by atoms with Crippen molar-refractivity contribution in [3.05, 3.63) is 35.4 Å². The number of rotatable bonds is 5. The molecule has 0 aromatic heterocycles. The maximum absolute atomic E-state index is 3.53. The molecule has 2 aliphatic carbocycles. The van der Waals surface area contributed by atoms with E-state index < -0.39 is 0 Å². The molecule has 3 aliphatic rings. The summed E-state index contributed by atoms with van der Waals surface area (Å²) in [6.07, 6.45) is 5.20. The smallest absolute Gasteiger partial charge is 0.0139 e. The van der Waals surface area contributed by atoms with Crippen LogP contribution in [0.1, 0.15) is 30.9 Å². The summed E-state index contributed by atoms with van der Waals surface area (Å²) in [5, 5.41) is 3.53. The zero-order valence-corrected chi connectivity index (χ0v) is 13.2. The fourth-order valence-corrected chi connectivity index (χ4v) is 4.79. The Morgan fingerprint density at radius 1 is 1.14 bits per heavy atom. The number of benzene rings is 1. The van der Waals surface area contributed by atoms with Crippen molar-refractivity contribution < 1.29 is 0 Å². The van der Waals surface area contributed by atoms with Gasteiger partial charge in [0.2, 0.25) is 0 Å². The third kappa shape index (κ3) is 2.64. The van der Waals surface area contributed by atoms with Gasteiger partial charge in [0.25, 0.3) is 0 Å². The first kappa shape index (κ1) is 13.8. The molecule has 3 atom stereocenters. The first-order valence-corrected chi connectivity index (χ1v) is 8.88. The van der Waals surface area contributed by atoms with Crippen molar-refractivity contribution in [2.75, 3.05) is 26.2 Å². The van der Waals surface area contributed by atoms with Crippen molar-refractivity contribution in [1.29, 1.82) is 0 Å². The van der Waals surface area contributed by atoms with Gasteiger partial charge < -0.3 is 5.32 Å². The highest BCUT2D eigenvalue weighted by Gasteiger charge is 2.53. The van der Waals surface area contributed by atoms with Crippen molar-refractivity contribution in [2.45, 2.75) is 38.6 Å². The summed E-state index contributed by atoms with van der Waals surface area (Å²) < 4.78 is 0. The van der Waals surface area contributed by atoms with E-state index in [1.54, 1.807) is 11.1 Å². The monoisotopic (exact) mass is 284 g/mol. The van der Waals surface area contributed by atoms with Crippen molar-refractivity contribution in [3.8, 4) is 0 Å². The van der Waals surface area contributed by atoms with Crippen LogP contribution in [0, 0.1) is 17.8 Å².